The summed E-state index contributed by atoms with van der Waals surface area (Å²) in [5.74, 6) is 0.795. The van der Waals surface area contributed by atoms with E-state index in [2.05, 4.69) is 0 Å². The van der Waals surface area contributed by atoms with E-state index < -0.39 is 0 Å². The molecule has 0 bridgehead atoms. The predicted octanol–water partition coefficient (Wildman–Crippen LogP) is 5.31. The van der Waals surface area contributed by atoms with Gasteiger partial charge in [0.25, 0.3) is 0 Å². The number of thioether (sulfide) groups is 1. The third kappa shape index (κ3) is 4.57. The van der Waals surface area contributed by atoms with Gasteiger partial charge in [-0.1, -0.05) is 40.9 Å². The van der Waals surface area contributed by atoms with E-state index in [1.807, 2.05) is 42.5 Å². The van der Waals surface area contributed by atoms with Crippen molar-refractivity contribution in [3.8, 4) is 0 Å². The molecular formula is C15H14Cl3NS. The van der Waals surface area contributed by atoms with E-state index in [1.165, 1.54) is 0 Å². The highest BCUT2D eigenvalue weighted by Crippen LogP contribution is 2.27. The Morgan fingerprint density at radius 1 is 0.950 bits per heavy atom. The highest BCUT2D eigenvalue weighted by Gasteiger charge is 2.11. The van der Waals surface area contributed by atoms with Gasteiger partial charge >= 0.3 is 0 Å². The first kappa shape index (κ1) is 16.0. The predicted molar refractivity (Wildman–Crippen MR) is 90.3 cm³/mol. The van der Waals surface area contributed by atoms with E-state index in [4.69, 9.17) is 40.5 Å². The highest BCUT2D eigenvalue weighted by molar-refractivity contribution is 7.99. The number of nitrogens with two attached hydrogens (primary N) is 1. The zero-order valence-electron chi connectivity index (χ0n) is 10.7. The maximum atomic E-state index is 6.16. The molecule has 2 rings (SSSR count). The van der Waals surface area contributed by atoms with Gasteiger partial charge in [0.05, 0.1) is 0 Å². The van der Waals surface area contributed by atoms with Gasteiger partial charge in [-0.05, 0) is 48.4 Å². The second kappa shape index (κ2) is 7.58. The van der Waals surface area contributed by atoms with Gasteiger partial charge in [-0.25, -0.2) is 0 Å². The molecule has 5 heteroatoms. The van der Waals surface area contributed by atoms with E-state index >= 15 is 0 Å². The minimum Gasteiger partial charge on any atom is -0.327 e. The van der Waals surface area contributed by atoms with Crippen molar-refractivity contribution in [3.05, 3.63) is 63.1 Å². The second-order valence-corrected chi connectivity index (χ2v) is 6.77. The van der Waals surface area contributed by atoms with Crippen LogP contribution in [0.25, 0.3) is 0 Å². The number of rotatable bonds is 5. The Balaban J connectivity index is 1.92. The van der Waals surface area contributed by atoms with Crippen LogP contribution in [-0.4, -0.2) is 11.8 Å². The zero-order valence-corrected chi connectivity index (χ0v) is 13.7. The van der Waals surface area contributed by atoms with Crippen LogP contribution in [-0.2, 0) is 6.42 Å². The van der Waals surface area contributed by atoms with Crippen LogP contribution in [0.2, 0.25) is 15.1 Å². The Morgan fingerprint density at radius 3 is 2.15 bits per heavy atom. The molecule has 2 aromatic rings. The van der Waals surface area contributed by atoms with Gasteiger partial charge in [-0.3, -0.25) is 0 Å². The summed E-state index contributed by atoms with van der Waals surface area (Å²) in [5.41, 5.74) is 7.07. The van der Waals surface area contributed by atoms with Crippen molar-refractivity contribution in [2.45, 2.75) is 17.4 Å². The average molecular weight is 347 g/mol. The molecule has 0 radical (unpaired) electrons. The maximum absolute atomic E-state index is 6.16. The largest absolute Gasteiger partial charge is 0.327 e. The van der Waals surface area contributed by atoms with Gasteiger partial charge in [0.1, 0.15) is 0 Å². The van der Waals surface area contributed by atoms with Crippen LogP contribution in [0.4, 0.5) is 0 Å². The number of benzene rings is 2. The molecule has 0 amide bonds. The average Bonchev–Trinajstić information content (AvgIpc) is 2.42. The van der Waals surface area contributed by atoms with Crippen LogP contribution in [0.5, 0.6) is 0 Å². The van der Waals surface area contributed by atoms with E-state index in [0.717, 1.165) is 21.2 Å². The smallest absolute Gasteiger partial charge is 0.0453 e. The maximum Gasteiger partial charge on any atom is 0.0453 e. The van der Waals surface area contributed by atoms with Crippen molar-refractivity contribution < 1.29 is 0 Å². The van der Waals surface area contributed by atoms with Crippen molar-refractivity contribution in [2.75, 3.05) is 5.75 Å². The Labute approximate surface area is 138 Å². The summed E-state index contributed by atoms with van der Waals surface area (Å²) in [6, 6.07) is 13.2. The lowest BCUT2D eigenvalue weighted by Gasteiger charge is -2.13. The summed E-state index contributed by atoms with van der Waals surface area (Å²) in [7, 11) is 0. The van der Waals surface area contributed by atoms with Crippen molar-refractivity contribution >= 4 is 46.6 Å². The SMILES string of the molecule is NC(CSc1ccc(Cl)cc1)Cc1c(Cl)cccc1Cl. The summed E-state index contributed by atoms with van der Waals surface area (Å²) < 4.78 is 0. The first-order valence-electron chi connectivity index (χ1n) is 6.13. The molecule has 20 heavy (non-hydrogen) atoms. The number of halogens is 3. The van der Waals surface area contributed by atoms with E-state index in [9.17, 15) is 0 Å². The minimum absolute atomic E-state index is 0.00641. The topological polar surface area (TPSA) is 26.0 Å². The quantitative estimate of drug-likeness (QED) is 0.743. The van der Waals surface area contributed by atoms with Crippen molar-refractivity contribution in [3.63, 3.8) is 0 Å². The standard InChI is InChI=1S/C15H14Cl3NS/c16-10-4-6-12(7-5-10)20-9-11(19)8-13-14(17)2-1-3-15(13)18/h1-7,11H,8-9,19H2. The Hall–Kier alpha value is -0.380. The monoisotopic (exact) mass is 345 g/mol. The van der Waals surface area contributed by atoms with Gasteiger partial charge in [0.2, 0.25) is 0 Å². The van der Waals surface area contributed by atoms with Gasteiger partial charge in [-0.15, -0.1) is 11.8 Å². The summed E-state index contributed by atoms with van der Waals surface area (Å²) in [6.45, 7) is 0. The van der Waals surface area contributed by atoms with Crippen LogP contribution in [0.3, 0.4) is 0 Å². The van der Waals surface area contributed by atoms with Crippen LogP contribution in [0.1, 0.15) is 5.56 Å². The fourth-order valence-electron chi connectivity index (χ4n) is 1.78. The fraction of sp³-hybridized carbons (Fsp3) is 0.200. The molecule has 2 N–H and O–H groups in total. The molecule has 0 saturated heterocycles. The first-order chi connectivity index (χ1) is 9.56. The van der Waals surface area contributed by atoms with Crippen LogP contribution >= 0.6 is 46.6 Å². The third-order valence-electron chi connectivity index (χ3n) is 2.81. The van der Waals surface area contributed by atoms with E-state index in [-0.39, 0.29) is 6.04 Å². The molecule has 0 heterocycles. The van der Waals surface area contributed by atoms with E-state index in [1.54, 1.807) is 11.8 Å². The minimum atomic E-state index is -0.00641. The molecule has 0 saturated carbocycles. The van der Waals surface area contributed by atoms with Crippen LogP contribution in [0, 0.1) is 0 Å². The second-order valence-electron chi connectivity index (χ2n) is 4.43. The highest BCUT2D eigenvalue weighted by atomic mass is 35.5. The summed E-state index contributed by atoms with van der Waals surface area (Å²) in [6.07, 6.45) is 0.666. The van der Waals surface area contributed by atoms with Gasteiger partial charge in [-0.2, -0.15) is 0 Å². The Kier molecular flexibility index (Phi) is 6.06. The lowest BCUT2D eigenvalue weighted by Crippen LogP contribution is -2.25. The van der Waals surface area contributed by atoms with Crippen molar-refractivity contribution in [1.82, 2.24) is 0 Å². The van der Waals surface area contributed by atoms with E-state index in [0.29, 0.717) is 16.5 Å². The third-order valence-corrected chi connectivity index (χ3v) is 4.97. The molecule has 2 aromatic carbocycles. The lowest BCUT2D eigenvalue weighted by molar-refractivity contribution is 0.749. The molecule has 1 atom stereocenters. The zero-order chi connectivity index (χ0) is 14.5. The molecular weight excluding hydrogens is 333 g/mol. The normalized spacial score (nSPS) is 12.4. The first-order valence-corrected chi connectivity index (χ1v) is 8.25. The lowest BCUT2D eigenvalue weighted by atomic mass is 10.1. The Bertz CT molecular complexity index is 552. The molecule has 0 aromatic heterocycles. The molecule has 0 aliphatic rings. The van der Waals surface area contributed by atoms with Crippen LogP contribution in [0.15, 0.2) is 47.4 Å². The molecule has 0 aliphatic carbocycles. The van der Waals surface area contributed by atoms with Gasteiger partial charge < -0.3 is 5.73 Å². The van der Waals surface area contributed by atoms with Crippen molar-refractivity contribution in [2.24, 2.45) is 5.73 Å². The summed E-state index contributed by atoms with van der Waals surface area (Å²) in [4.78, 5) is 1.15. The molecule has 0 fully saturated rings. The number of hydrogen-bond donors (Lipinski definition) is 1. The molecule has 106 valence electrons. The molecule has 1 unspecified atom stereocenters. The number of hydrogen-bond acceptors (Lipinski definition) is 2. The molecule has 0 spiro atoms. The summed E-state index contributed by atoms with van der Waals surface area (Å²) >= 11 is 19.8. The van der Waals surface area contributed by atoms with Crippen molar-refractivity contribution in [1.29, 1.82) is 0 Å². The van der Waals surface area contributed by atoms with Gasteiger partial charge in [0.15, 0.2) is 0 Å². The summed E-state index contributed by atoms with van der Waals surface area (Å²) in [5, 5.41) is 2.08. The molecule has 1 nitrogen and oxygen atoms in total. The molecule has 0 aliphatic heterocycles. The fourth-order valence-corrected chi connectivity index (χ4v) is 3.31. The van der Waals surface area contributed by atoms with Gasteiger partial charge in [0, 0.05) is 31.8 Å². The Morgan fingerprint density at radius 2 is 1.55 bits per heavy atom. The van der Waals surface area contributed by atoms with Crippen LogP contribution < -0.4 is 5.73 Å².